The van der Waals surface area contributed by atoms with Crippen LogP contribution in [0.5, 0.6) is 0 Å². The molecule has 0 spiro atoms. The van der Waals surface area contributed by atoms with Gasteiger partial charge >= 0.3 is 0 Å². The average Bonchev–Trinajstić information content (AvgIpc) is 2.13. The van der Waals surface area contributed by atoms with Crippen molar-refractivity contribution in [1.82, 2.24) is 5.32 Å². The molecule has 0 radical (unpaired) electrons. The largest absolute Gasteiger partial charge is 0.305 e. The summed E-state index contributed by atoms with van der Waals surface area (Å²) >= 11 is 0. The van der Waals surface area contributed by atoms with Crippen molar-refractivity contribution in [2.24, 2.45) is 5.92 Å². The molecule has 2 atom stereocenters. The van der Waals surface area contributed by atoms with Gasteiger partial charge < -0.3 is 5.32 Å². The molecule has 1 aliphatic heterocycles. The Hall–Kier alpha value is -0.300. The summed E-state index contributed by atoms with van der Waals surface area (Å²) in [5.41, 5.74) is 0. The van der Waals surface area contributed by atoms with Gasteiger partial charge in [-0.2, -0.15) is 0 Å². The van der Waals surface area contributed by atoms with Gasteiger partial charge in [-0.15, -0.1) is 0 Å². The lowest BCUT2D eigenvalue weighted by Crippen LogP contribution is -2.29. The fourth-order valence-corrected chi connectivity index (χ4v) is 1.40. The molecule has 1 nitrogen and oxygen atoms in total. The molecule has 1 aliphatic rings. The van der Waals surface area contributed by atoms with Crippen LogP contribution in [0.25, 0.3) is 0 Å². The Balaban J connectivity index is 2.26. The number of rotatable bonds is 2. The van der Waals surface area contributed by atoms with Crippen LogP contribution in [-0.4, -0.2) is 12.1 Å². The van der Waals surface area contributed by atoms with Crippen LogP contribution in [0.4, 0.5) is 0 Å². The molecular weight excluding hydrogens is 122 g/mol. The molecule has 0 aromatic rings. The Morgan fingerprint density at radius 3 is 2.50 bits per heavy atom. The van der Waals surface area contributed by atoms with Crippen LogP contribution in [0.2, 0.25) is 0 Å². The highest BCUT2D eigenvalue weighted by Gasteiger charge is 2.13. The van der Waals surface area contributed by atoms with Crippen LogP contribution >= 0.6 is 0 Å². The van der Waals surface area contributed by atoms with E-state index in [-0.39, 0.29) is 0 Å². The zero-order chi connectivity index (χ0) is 7.56. The van der Waals surface area contributed by atoms with Crippen molar-refractivity contribution in [3.8, 4) is 0 Å². The summed E-state index contributed by atoms with van der Waals surface area (Å²) in [6, 6.07) is 1.22. The predicted octanol–water partition coefficient (Wildman–Crippen LogP) is 1.95. The van der Waals surface area contributed by atoms with E-state index in [4.69, 9.17) is 0 Å². The average molecular weight is 139 g/mol. The van der Waals surface area contributed by atoms with E-state index in [2.05, 4.69) is 38.2 Å². The molecule has 1 heteroatoms. The topological polar surface area (TPSA) is 12.0 Å². The molecular formula is C9H17N. The molecule has 0 aliphatic carbocycles. The van der Waals surface area contributed by atoms with Crippen molar-refractivity contribution in [2.45, 2.75) is 39.3 Å². The van der Waals surface area contributed by atoms with Crippen LogP contribution in [-0.2, 0) is 0 Å². The van der Waals surface area contributed by atoms with Crippen LogP contribution < -0.4 is 5.32 Å². The third-order valence-corrected chi connectivity index (χ3v) is 1.83. The molecule has 1 heterocycles. The fourth-order valence-electron chi connectivity index (χ4n) is 1.40. The summed E-state index contributed by atoms with van der Waals surface area (Å²) in [7, 11) is 0. The number of nitrogens with one attached hydrogen (secondary N) is 1. The minimum Gasteiger partial charge on any atom is -0.305 e. The van der Waals surface area contributed by atoms with Gasteiger partial charge in [0.2, 0.25) is 0 Å². The highest BCUT2D eigenvalue weighted by atomic mass is 15.0. The van der Waals surface area contributed by atoms with Crippen molar-refractivity contribution >= 4 is 0 Å². The summed E-state index contributed by atoms with van der Waals surface area (Å²) in [6.07, 6.45) is 5.79. The monoisotopic (exact) mass is 139 g/mol. The molecule has 0 aromatic heterocycles. The summed E-state index contributed by atoms with van der Waals surface area (Å²) in [5.74, 6) is 0.799. The second-order valence-electron chi connectivity index (χ2n) is 3.58. The molecule has 0 fully saturated rings. The van der Waals surface area contributed by atoms with Gasteiger partial charge in [0.15, 0.2) is 0 Å². The van der Waals surface area contributed by atoms with Crippen LogP contribution in [0.3, 0.4) is 0 Å². The molecule has 0 saturated carbocycles. The third kappa shape index (κ3) is 2.14. The van der Waals surface area contributed by atoms with Gasteiger partial charge in [-0.3, -0.25) is 0 Å². The minimum atomic E-state index is 0.587. The van der Waals surface area contributed by atoms with Crippen molar-refractivity contribution in [3.63, 3.8) is 0 Å². The third-order valence-electron chi connectivity index (χ3n) is 1.83. The summed E-state index contributed by atoms with van der Waals surface area (Å²) in [4.78, 5) is 0. The minimum absolute atomic E-state index is 0.587. The number of hydrogen-bond acceptors (Lipinski definition) is 1. The Labute approximate surface area is 63.5 Å². The lowest BCUT2D eigenvalue weighted by Gasteiger charge is -2.13. The van der Waals surface area contributed by atoms with Crippen LogP contribution in [0, 0.1) is 5.92 Å². The zero-order valence-corrected chi connectivity index (χ0v) is 7.09. The maximum Gasteiger partial charge on any atom is 0.0258 e. The van der Waals surface area contributed by atoms with Crippen LogP contribution in [0.1, 0.15) is 27.2 Å². The van der Waals surface area contributed by atoms with Gasteiger partial charge in [0.05, 0.1) is 0 Å². The first kappa shape index (κ1) is 7.80. The van der Waals surface area contributed by atoms with Crippen molar-refractivity contribution in [3.05, 3.63) is 12.2 Å². The van der Waals surface area contributed by atoms with Gasteiger partial charge in [0, 0.05) is 12.1 Å². The van der Waals surface area contributed by atoms with Gasteiger partial charge in [-0.05, 0) is 19.3 Å². The van der Waals surface area contributed by atoms with E-state index in [1.807, 2.05) is 0 Å². The molecule has 0 amide bonds. The lowest BCUT2D eigenvalue weighted by atomic mass is 10.1. The maximum atomic E-state index is 3.47. The molecule has 2 unspecified atom stereocenters. The SMILES string of the molecule is CC(C)CC1C=CC(C)N1. The Bertz CT molecular complexity index is 127. The molecule has 1 N–H and O–H groups in total. The summed E-state index contributed by atoms with van der Waals surface area (Å²) < 4.78 is 0. The molecule has 0 aromatic carbocycles. The van der Waals surface area contributed by atoms with Gasteiger partial charge in [0.25, 0.3) is 0 Å². The van der Waals surface area contributed by atoms with E-state index in [0.29, 0.717) is 12.1 Å². The number of hydrogen-bond donors (Lipinski definition) is 1. The van der Waals surface area contributed by atoms with Gasteiger partial charge in [0.1, 0.15) is 0 Å². The van der Waals surface area contributed by atoms with E-state index in [1.54, 1.807) is 0 Å². The first-order valence-corrected chi connectivity index (χ1v) is 4.13. The summed E-state index contributed by atoms with van der Waals surface area (Å²) in [5, 5.41) is 3.47. The van der Waals surface area contributed by atoms with Gasteiger partial charge in [-0.25, -0.2) is 0 Å². The highest BCUT2D eigenvalue weighted by Crippen LogP contribution is 2.11. The Morgan fingerprint density at radius 1 is 1.40 bits per heavy atom. The van der Waals surface area contributed by atoms with E-state index < -0.39 is 0 Å². The second kappa shape index (κ2) is 3.20. The Morgan fingerprint density at radius 2 is 2.10 bits per heavy atom. The van der Waals surface area contributed by atoms with Crippen molar-refractivity contribution < 1.29 is 0 Å². The molecule has 0 saturated heterocycles. The molecule has 1 rings (SSSR count). The zero-order valence-electron chi connectivity index (χ0n) is 7.09. The predicted molar refractivity (Wildman–Crippen MR) is 45.0 cm³/mol. The van der Waals surface area contributed by atoms with E-state index in [1.165, 1.54) is 6.42 Å². The highest BCUT2D eigenvalue weighted by molar-refractivity contribution is 5.06. The van der Waals surface area contributed by atoms with Crippen molar-refractivity contribution in [1.29, 1.82) is 0 Å². The molecule has 58 valence electrons. The summed E-state index contributed by atoms with van der Waals surface area (Å²) in [6.45, 7) is 6.72. The lowest BCUT2D eigenvalue weighted by molar-refractivity contribution is 0.477. The normalized spacial score (nSPS) is 32.0. The smallest absolute Gasteiger partial charge is 0.0258 e. The maximum absolute atomic E-state index is 3.47. The quantitative estimate of drug-likeness (QED) is 0.577. The van der Waals surface area contributed by atoms with Crippen LogP contribution in [0.15, 0.2) is 12.2 Å². The van der Waals surface area contributed by atoms with Crippen molar-refractivity contribution in [2.75, 3.05) is 0 Å². The first-order chi connectivity index (χ1) is 4.68. The molecule has 0 bridgehead atoms. The first-order valence-electron chi connectivity index (χ1n) is 4.13. The van der Waals surface area contributed by atoms with E-state index in [0.717, 1.165) is 5.92 Å². The molecule has 10 heavy (non-hydrogen) atoms. The van der Waals surface area contributed by atoms with E-state index in [9.17, 15) is 0 Å². The standard InChI is InChI=1S/C9H17N/c1-7(2)6-9-5-4-8(3)10-9/h4-5,7-10H,6H2,1-3H3. The fraction of sp³-hybridized carbons (Fsp3) is 0.778. The van der Waals surface area contributed by atoms with Gasteiger partial charge in [-0.1, -0.05) is 26.0 Å². The van der Waals surface area contributed by atoms with E-state index >= 15 is 0 Å². The second-order valence-corrected chi connectivity index (χ2v) is 3.58. The Kier molecular flexibility index (Phi) is 2.50.